The molecule has 0 radical (unpaired) electrons. The molecule has 20 heavy (non-hydrogen) atoms. The maximum absolute atomic E-state index is 13.8. The molecule has 0 aliphatic rings. The highest BCUT2D eigenvalue weighted by Gasteiger charge is 2.09. The summed E-state index contributed by atoms with van der Waals surface area (Å²) in [5.74, 6) is -0.300. The summed E-state index contributed by atoms with van der Waals surface area (Å²) in [5.41, 5.74) is 9.38. The highest BCUT2D eigenvalue weighted by atomic mass is 19.1. The first-order valence-electron chi connectivity index (χ1n) is 6.32. The first kappa shape index (κ1) is 12.4. The number of fused-ring (bicyclic) bond motifs is 1. The van der Waals surface area contributed by atoms with Crippen LogP contribution >= 0.6 is 0 Å². The summed E-state index contributed by atoms with van der Waals surface area (Å²) in [5, 5.41) is 3.92. The van der Waals surface area contributed by atoms with Crippen LogP contribution in [0.5, 0.6) is 0 Å². The second-order valence-electron chi connectivity index (χ2n) is 4.56. The lowest BCUT2D eigenvalue weighted by molar-refractivity contribution is 0.631. The first-order valence-corrected chi connectivity index (χ1v) is 6.32. The minimum atomic E-state index is -0.300. The molecule has 100 valence electrons. The van der Waals surface area contributed by atoms with Gasteiger partial charge in [0.2, 0.25) is 0 Å². The average Bonchev–Trinajstić information content (AvgIpc) is 2.47. The molecule has 3 N–H and O–H groups in total. The van der Waals surface area contributed by atoms with Gasteiger partial charge in [-0.2, -0.15) is 0 Å². The third kappa shape index (κ3) is 2.05. The maximum Gasteiger partial charge on any atom is 0.132 e. The Morgan fingerprint density at radius 1 is 1.10 bits per heavy atom. The molecule has 0 bridgehead atoms. The summed E-state index contributed by atoms with van der Waals surface area (Å²) in [6, 6.07) is 14.0. The molecule has 0 aliphatic heterocycles. The molecule has 2 aromatic carbocycles. The number of nitrogens with two attached hydrogens (primary N) is 1. The van der Waals surface area contributed by atoms with Crippen molar-refractivity contribution in [2.75, 3.05) is 18.1 Å². The fourth-order valence-corrected chi connectivity index (χ4v) is 2.21. The van der Waals surface area contributed by atoms with Gasteiger partial charge in [-0.05, 0) is 36.4 Å². The van der Waals surface area contributed by atoms with Crippen molar-refractivity contribution in [3.63, 3.8) is 0 Å². The molecule has 0 atom stereocenters. The van der Waals surface area contributed by atoms with Crippen molar-refractivity contribution in [2.24, 2.45) is 0 Å². The molecule has 0 amide bonds. The Labute approximate surface area is 116 Å². The molecule has 3 rings (SSSR count). The maximum atomic E-state index is 13.8. The van der Waals surface area contributed by atoms with Crippen LogP contribution in [-0.2, 0) is 0 Å². The number of halogens is 1. The van der Waals surface area contributed by atoms with Crippen molar-refractivity contribution in [3.8, 4) is 11.3 Å². The number of benzene rings is 2. The largest absolute Gasteiger partial charge is 0.398 e. The van der Waals surface area contributed by atoms with Crippen LogP contribution in [0.4, 0.5) is 15.8 Å². The number of aromatic nitrogens is 1. The van der Waals surface area contributed by atoms with E-state index in [0.717, 1.165) is 16.6 Å². The van der Waals surface area contributed by atoms with Gasteiger partial charge in [0.1, 0.15) is 5.82 Å². The number of hydrogen-bond donors (Lipinski definition) is 2. The van der Waals surface area contributed by atoms with Gasteiger partial charge in [-0.15, -0.1) is 0 Å². The van der Waals surface area contributed by atoms with Gasteiger partial charge in [0.15, 0.2) is 0 Å². The van der Waals surface area contributed by atoms with Crippen LogP contribution in [0.25, 0.3) is 22.2 Å². The summed E-state index contributed by atoms with van der Waals surface area (Å²) in [6.45, 7) is 0. The topological polar surface area (TPSA) is 50.9 Å². The molecule has 4 heteroatoms. The normalized spacial score (nSPS) is 10.7. The predicted molar refractivity (Wildman–Crippen MR) is 81.1 cm³/mol. The second-order valence-corrected chi connectivity index (χ2v) is 4.56. The summed E-state index contributed by atoms with van der Waals surface area (Å²) < 4.78 is 13.8. The van der Waals surface area contributed by atoms with Gasteiger partial charge in [-0.25, -0.2) is 9.37 Å². The third-order valence-corrected chi connectivity index (χ3v) is 3.28. The van der Waals surface area contributed by atoms with Crippen LogP contribution in [0.15, 0.2) is 48.5 Å². The van der Waals surface area contributed by atoms with E-state index in [1.807, 2.05) is 25.2 Å². The van der Waals surface area contributed by atoms with E-state index in [2.05, 4.69) is 10.3 Å². The Balaban J connectivity index is 2.23. The zero-order valence-electron chi connectivity index (χ0n) is 11.0. The Morgan fingerprint density at radius 2 is 1.90 bits per heavy atom. The van der Waals surface area contributed by atoms with Crippen LogP contribution in [0.3, 0.4) is 0 Å². The van der Waals surface area contributed by atoms with Crippen molar-refractivity contribution >= 4 is 22.3 Å². The second kappa shape index (κ2) is 4.81. The van der Waals surface area contributed by atoms with Crippen LogP contribution < -0.4 is 11.1 Å². The van der Waals surface area contributed by atoms with E-state index in [1.54, 1.807) is 24.3 Å². The molecule has 0 saturated carbocycles. The molecular formula is C16H14FN3. The Bertz CT molecular complexity index is 784. The summed E-state index contributed by atoms with van der Waals surface area (Å²) >= 11 is 0. The zero-order valence-corrected chi connectivity index (χ0v) is 11.0. The Morgan fingerprint density at radius 3 is 2.65 bits per heavy atom. The van der Waals surface area contributed by atoms with E-state index in [9.17, 15) is 4.39 Å². The van der Waals surface area contributed by atoms with E-state index < -0.39 is 0 Å². The molecule has 0 fully saturated rings. The van der Waals surface area contributed by atoms with Crippen LogP contribution in [-0.4, -0.2) is 12.0 Å². The van der Waals surface area contributed by atoms with E-state index in [1.165, 1.54) is 6.07 Å². The first-order chi connectivity index (χ1) is 9.69. The van der Waals surface area contributed by atoms with Gasteiger partial charge in [0, 0.05) is 29.4 Å². The van der Waals surface area contributed by atoms with Crippen molar-refractivity contribution < 1.29 is 4.39 Å². The van der Waals surface area contributed by atoms with Crippen molar-refractivity contribution in [2.45, 2.75) is 0 Å². The number of anilines is 2. The molecule has 0 aliphatic carbocycles. The third-order valence-electron chi connectivity index (χ3n) is 3.28. The highest BCUT2D eigenvalue weighted by Crippen LogP contribution is 2.29. The van der Waals surface area contributed by atoms with Crippen LogP contribution in [0, 0.1) is 5.82 Å². The Hall–Kier alpha value is -2.62. The number of nitrogens with zero attached hydrogens (tertiary/aromatic N) is 1. The van der Waals surface area contributed by atoms with Gasteiger partial charge in [-0.1, -0.05) is 12.1 Å². The number of nitrogen functional groups attached to an aromatic ring is 1. The van der Waals surface area contributed by atoms with Crippen molar-refractivity contribution in [1.29, 1.82) is 0 Å². The number of hydrogen-bond acceptors (Lipinski definition) is 3. The average molecular weight is 267 g/mol. The van der Waals surface area contributed by atoms with E-state index >= 15 is 0 Å². The molecule has 0 unspecified atom stereocenters. The molecule has 1 aromatic heterocycles. The zero-order chi connectivity index (χ0) is 14.1. The number of rotatable bonds is 2. The van der Waals surface area contributed by atoms with E-state index in [-0.39, 0.29) is 5.82 Å². The molecule has 0 saturated heterocycles. The Kier molecular flexibility index (Phi) is 2.99. The smallest absolute Gasteiger partial charge is 0.132 e. The monoisotopic (exact) mass is 267 g/mol. The number of nitrogens with one attached hydrogen (secondary N) is 1. The van der Waals surface area contributed by atoms with Gasteiger partial charge in [0.05, 0.1) is 11.2 Å². The molecule has 3 nitrogen and oxygen atoms in total. The fraction of sp³-hybridized carbons (Fsp3) is 0.0625. The lowest BCUT2D eigenvalue weighted by atomic mass is 10.1. The van der Waals surface area contributed by atoms with E-state index in [4.69, 9.17) is 5.73 Å². The lowest BCUT2D eigenvalue weighted by Gasteiger charge is -2.09. The molecular weight excluding hydrogens is 253 g/mol. The van der Waals surface area contributed by atoms with Crippen LogP contribution in [0.1, 0.15) is 0 Å². The SMILES string of the molecule is CNc1ccc2nc(-c3ccccc3F)cc(N)c2c1. The summed E-state index contributed by atoms with van der Waals surface area (Å²) in [7, 11) is 1.85. The van der Waals surface area contributed by atoms with Gasteiger partial charge in [-0.3, -0.25) is 0 Å². The highest BCUT2D eigenvalue weighted by molar-refractivity contribution is 5.94. The quantitative estimate of drug-likeness (QED) is 0.745. The van der Waals surface area contributed by atoms with E-state index in [0.29, 0.717) is 16.9 Å². The number of pyridine rings is 1. The van der Waals surface area contributed by atoms with Gasteiger partial charge < -0.3 is 11.1 Å². The predicted octanol–water partition coefficient (Wildman–Crippen LogP) is 3.66. The lowest BCUT2D eigenvalue weighted by Crippen LogP contribution is -1.95. The minimum absolute atomic E-state index is 0.300. The van der Waals surface area contributed by atoms with Crippen molar-refractivity contribution in [1.82, 2.24) is 4.98 Å². The van der Waals surface area contributed by atoms with Gasteiger partial charge >= 0.3 is 0 Å². The van der Waals surface area contributed by atoms with Crippen LogP contribution in [0.2, 0.25) is 0 Å². The fourth-order valence-electron chi connectivity index (χ4n) is 2.21. The van der Waals surface area contributed by atoms with Crippen molar-refractivity contribution in [3.05, 3.63) is 54.3 Å². The minimum Gasteiger partial charge on any atom is -0.398 e. The van der Waals surface area contributed by atoms with Gasteiger partial charge in [0.25, 0.3) is 0 Å². The molecule has 0 spiro atoms. The molecule has 1 heterocycles. The summed E-state index contributed by atoms with van der Waals surface area (Å²) in [4.78, 5) is 4.49. The summed E-state index contributed by atoms with van der Waals surface area (Å²) in [6.07, 6.45) is 0. The standard InChI is InChI=1S/C16H14FN3/c1-19-10-6-7-15-12(8-10)14(18)9-16(20-15)11-4-2-3-5-13(11)17/h2-9,19H,1H3,(H2,18,20). The molecule has 3 aromatic rings.